The number of epoxide rings is 1. The van der Waals surface area contributed by atoms with Gasteiger partial charge in [0.25, 0.3) is 0 Å². The highest BCUT2D eigenvalue weighted by atomic mass is 28.3. The molecule has 1 fully saturated rings. The first-order chi connectivity index (χ1) is 8.76. The number of hydrogen-bond donors (Lipinski definition) is 0. The van der Waals surface area contributed by atoms with Crippen molar-refractivity contribution < 1.29 is 9.47 Å². The fourth-order valence-corrected chi connectivity index (χ4v) is 8.85. The molecule has 1 aliphatic rings. The summed E-state index contributed by atoms with van der Waals surface area (Å²) in [6.07, 6.45) is 5.84. The molecule has 0 aliphatic carbocycles. The highest BCUT2D eigenvalue weighted by Crippen LogP contribution is 2.31. The molecule has 0 bridgehead atoms. The normalized spacial score (nSPS) is 19.2. The molecule has 0 spiro atoms. The maximum atomic E-state index is 5.68. The average molecular weight is 273 g/mol. The molecule has 0 aromatic heterocycles. The fourth-order valence-electron chi connectivity index (χ4n) is 3.27. The SMILES string of the molecule is CCC[Si](CCC)(CCC)CCCOCC1CO1. The Labute approximate surface area is 114 Å². The third kappa shape index (κ3) is 6.35. The molecule has 0 amide bonds. The minimum atomic E-state index is -0.968. The van der Waals surface area contributed by atoms with E-state index in [1.807, 2.05) is 0 Å². The topological polar surface area (TPSA) is 21.8 Å². The lowest BCUT2D eigenvalue weighted by atomic mass is 10.5. The van der Waals surface area contributed by atoms with Gasteiger partial charge in [-0.1, -0.05) is 64.2 Å². The summed E-state index contributed by atoms with van der Waals surface area (Å²) in [4.78, 5) is 0. The zero-order valence-corrected chi connectivity index (χ0v) is 13.7. The largest absolute Gasteiger partial charge is 0.379 e. The number of rotatable bonds is 12. The molecule has 0 N–H and O–H groups in total. The summed E-state index contributed by atoms with van der Waals surface area (Å²) >= 11 is 0. The van der Waals surface area contributed by atoms with E-state index in [4.69, 9.17) is 9.47 Å². The van der Waals surface area contributed by atoms with Crippen molar-refractivity contribution in [2.75, 3.05) is 19.8 Å². The van der Waals surface area contributed by atoms with Crippen molar-refractivity contribution in [2.24, 2.45) is 0 Å². The van der Waals surface area contributed by atoms with Crippen molar-refractivity contribution in [3.05, 3.63) is 0 Å². The maximum Gasteiger partial charge on any atom is 0.104 e. The van der Waals surface area contributed by atoms with Gasteiger partial charge in [0.15, 0.2) is 0 Å². The Balaban J connectivity index is 2.22. The van der Waals surface area contributed by atoms with E-state index in [0.29, 0.717) is 6.10 Å². The van der Waals surface area contributed by atoms with Crippen molar-refractivity contribution in [1.29, 1.82) is 0 Å². The van der Waals surface area contributed by atoms with Crippen LogP contribution in [0.15, 0.2) is 0 Å². The molecule has 3 heteroatoms. The summed E-state index contributed by atoms with van der Waals surface area (Å²) in [5.74, 6) is 0. The van der Waals surface area contributed by atoms with Gasteiger partial charge in [-0.2, -0.15) is 0 Å². The van der Waals surface area contributed by atoms with Gasteiger partial charge in [0, 0.05) is 6.61 Å². The third-order valence-electron chi connectivity index (χ3n) is 4.04. The molecule has 18 heavy (non-hydrogen) atoms. The van der Waals surface area contributed by atoms with E-state index in [1.54, 1.807) is 0 Å². The van der Waals surface area contributed by atoms with Gasteiger partial charge in [-0.25, -0.2) is 0 Å². The Morgan fingerprint density at radius 1 is 1.00 bits per heavy atom. The zero-order chi connectivity index (χ0) is 13.3. The molecule has 1 saturated heterocycles. The standard InChI is InChI=1S/C15H32O2Si/c1-4-9-18(10-5-2,11-6-3)12-7-8-16-13-15-14-17-15/h15H,4-14H2,1-3H3. The average Bonchev–Trinajstić information content (AvgIpc) is 3.14. The van der Waals surface area contributed by atoms with Gasteiger partial charge in [0.1, 0.15) is 6.10 Å². The van der Waals surface area contributed by atoms with E-state index in [0.717, 1.165) is 19.8 Å². The van der Waals surface area contributed by atoms with Crippen molar-refractivity contribution in [3.8, 4) is 0 Å². The minimum Gasteiger partial charge on any atom is -0.379 e. The second kappa shape index (κ2) is 9.11. The maximum absolute atomic E-state index is 5.68. The smallest absolute Gasteiger partial charge is 0.104 e. The van der Waals surface area contributed by atoms with Crippen molar-refractivity contribution >= 4 is 8.07 Å². The predicted octanol–water partition coefficient (Wildman–Crippen LogP) is 4.47. The molecule has 1 unspecified atom stereocenters. The summed E-state index contributed by atoms with van der Waals surface area (Å²) in [6.45, 7) is 9.76. The Morgan fingerprint density at radius 2 is 1.56 bits per heavy atom. The van der Waals surface area contributed by atoms with Gasteiger partial charge in [0.2, 0.25) is 0 Å². The van der Waals surface area contributed by atoms with Crippen molar-refractivity contribution in [3.63, 3.8) is 0 Å². The van der Waals surface area contributed by atoms with Crippen LogP contribution in [0.25, 0.3) is 0 Å². The summed E-state index contributed by atoms with van der Waals surface area (Å²) in [6, 6.07) is 6.06. The highest BCUT2D eigenvalue weighted by molar-refractivity contribution is 6.79. The Hall–Kier alpha value is 0.137. The Kier molecular flexibility index (Phi) is 8.19. The van der Waals surface area contributed by atoms with E-state index in [1.165, 1.54) is 49.9 Å². The van der Waals surface area contributed by atoms with Crippen LogP contribution in [0.2, 0.25) is 24.2 Å². The molecule has 1 aliphatic heterocycles. The van der Waals surface area contributed by atoms with E-state index in [2.05, 4.69) is 20.8 Å². The van der Waals surface area contributed by atoms with E-state index in [-0.39, 0.29) is 0 Å². The van der Waals surface area contributed by atoms with Crippen LogP contribution in [0.1, 0.15) is 46.5 Å². The molecule has 0 saturated carbocycles. The first-order valence-corrected chi connectivity index (χ1v) is 10.8. The Bertz CT molecular complexity index is 188. The minimum absolute atomic E-state index is 0.425. The molecule has 0 aromatic carbocycles. The van der Waals surface area contributed by atoms with Crippen molar-refractivity contribution in [2.45, 2.75) is 76.7 Å². The fraction of sp³-hybridized carbons (Fsp3) is 1.00. The van der Waals surface area contributed by atoms with Gasteiger partial charge in [0.05, 0.1) is 21.3 Å². The number of ether oxygens (including phenoxy) is 2. The summed E-state index contributed by atoms with van der Waals surface area (Å²) in [7, 11) is -0.968. The molecule has 1 atom stereocenters. The summed E-state index contributed by atoms with van der Waals surface area (Å²) < 4.78 is 10.8. The molecular formula is C15H32O2Si. The first-order valence-electron chi connectivity index (χ1n) is 7.95. The lowest BCUT2D eigenvalue weighted by Crippen LogP contribution is -2.33. The zero-order valence-electron chi connectivity index (χ0n) is 12.7. The highest BCUT2D eigenvalue weighted by Gasteiger charge is 2.29. The number of hydrogen-bond acceptors (Lipinski definition) is 2. The lowest BCUT2D eigenvalue weighted by molar-refractivity contribution is 0.117. The van der Waals surface area contributed by atoms with Gasteiger partial charge < -0.3 is 9.47 Å². The lowest BCUT2D eigenvalue weighted by Gasteiger charge is -2.31. The van der Waals surface area contributed by atoms with Crippen LogP contribution in [0.4, 0.5) is 0 Å². The van der Waals surface area contributed by atoms with Crippen LogP contribution in [0.5, 0.6) is 0 Å². The monoisotopic (exact) mass is 272 g/mol. The van der Waals surface area contributed by atoms with Crippen molar-refractivity contribution in [1.82, 2.24) is 0 Å². The molecule has 1 heterocycles. The van der Waals surface area contributed by atoms with E-state index in [9.17, 15) is 0 Å². The molecule has 1 rings (SSSR count). The van der Waals surface area contributed by atoms with E-state index >= 15 is 0 Å². The quantitative estimate of drug-likeness (QED) is 0.297. The second-order valence-electron chi connectivity index (χ2n) is 5.88. The Morgan fingerprint density at radius 3 is 2.00 bits per heavy atom. The first kappa shape index (κ1) is 16.2. The molecule has 0 aromatic rings. The third-order valence-corrected chi connectivity index (χ3v) is 10.1. The van der Waals surface area contributed by atoms with Gasteiger partial charge >= 0.3 is 0 Å². The van der Waals surface area contributed by atoms with E-state index < -0.39 is 8.07 Å². The van der Waals surface area contributed by atoms with Gasteiger partial charge in [-0.3, -0.25) is 0 Å². The molecular weight excluding hydrogens is 240 g/mol. The van der Waals surface area contributed by atoms with Gasteiger partial charge in [-0.15, -0.1) is 0 Å². The van der Waals surface area contributed by atoms with Crippen LogP contribution < -0.4 is 0 Å². The molecule has 108 valence electrons. The predicted molar refractivity (Wildman–Crippen MR) is 81.0 cm³/mol. The molecule has 0 radical (unpaired) electrons. The van der Waals surface area contributed by atoms with Crippen LogP contribution in [-0.4, -0.2) is 34.0 Å². The second-order valence-corrected chi connectivity index (χ2v) is 10.9. The van der Waals surface area contributed by atoms with Gasteiger partial charge in [-0.05, 0) is 6.42 Å². The van der Waals surface area contributed by atoms with Crippen LogP contribution in [-0.2, 0) is 9.47 Å². The molecule has 2 nitrogen and oxygen atoms in total. The van der Waals surface area contributed by atoms with Crippen LogP contribution in [0.3, 0.4) is 0 Å². The van der Waals surface area contributed by atoms with Crippen LogP contribution >= 0.6 is 0 Å². The summed E-state index contributed by atoms with van der Waals surface area (Å²) in [5.41, 5.74) is 0. The summed E-state index contributed by atoms with van der Waals surface area (Å²) in [5, 5.41) is 0. The van der Waals surface area contributed by atoms with Crippen LogP contribution in [0, 0.1) is 0 Å².